The molecule has 0 bridgehead atoms. The minimum Gasteiger partial charge on any atom is -0.465 e. The lowest BCUT2D eigenvalue weighted by atomic mass is 9.72. The molecule has 2 aromatic carbocycles. The maximum Gasteiger partial charge on any atom is 0.407 e. The Hall–Kier alpha value is -2.11. The number of rotatable bonds is 3. The Labute approximate surface area is 201 Å². The van der Waals surface area contributed by atoms with E-state index in [0.717, 1.165) is 36.8 Å². The molecule has 1 spiro atoms. The molecular formula is C24H30N2O6S2. The number of nitrogens with one attached hydrogen (secondary N) is 1. The number of fused-ring (bicyclic) bond motifs is 4. The molecule has 1 saturated heterocycles. The van der Waals surface area contributed by atoms with Crippen LogP contribution in [0.25, 0.3) is 0 Å². The van der Waals surface area contributed by atoms with Crippen molar-refractivity contribution in [3.8, 4) is 0 Å². The highest BCUT2D eigenvalue weighted by Gasteiger charge is 2.48. The van der Waals surface area contributed by atoms with Gasteiger partial charge in [0.1, 0.15) is 0 Å². The Kier molecular flexibility index (Phi) is 5.72. The van der Waals surface area contributed by atoms with Crippen molar-refractivity contribution in [3.05, 3.63) is 53.1 Å². The average molecular weight is 507 g/mol. The normalized spacial score (nSPS) is 22.3. The first kappa shape index (κ1) is 23.6. The SMILES string of the molecule is Cc1cc2c(cc1S(=O)(=O)NC1CCN(C(=O)O)CC1)S(O)(O)c1ccccc1C21CCCC1. The number of sulfonamides is 1. The highest BCUT2D eigenvalue weighted by Crippen LogP contribution is 2.68. The van der Waals surface area contributed by atoms with Gasteiger partial charge in [-0.15, -0.1) is 10.6 Å². The first-order valence-corrected chi connectivity index (χ1v) is 14.6. The van der Waals surface area contributed by atoms with Crippen LogP contribution in [-0.2, 0) is 15.4 Å². The third kappa shape index (κ3) is 3.63. The van der Waals surface area contributed by atoms with Crippen LogP contribution in [0.4, 0.5) is 4.79 Å². The number of hydrogen-bond acceptors (Lipinski definition) is 5. The standard InChI is InChI=1S/C24H30N2O6S2/c1-16-14-19-22(15-21(16)34(31,32)25-17-8-12-26(13-9-17)23(27)28)33(29,30)20-7-3-2-6-18(20)24(19)10-4-5-11-24/h2-3,6-7,14-15,17,25,29-30H,4-5,8-13H2,1H3,(H,27,28). The summed E-state index contributed by atoms with van der Waals surface area (Å²) in [6, 6.07) is 10.4. The van der Waals surface area contributed by atoms with Gasteiger partial charge in [-0.3, -0.25) is 9.11 Å². The number of amides is 1. The van der Waals surface area contributed by atoms with Crippen molar-refractivity contribution in [2.24, 2.45) is 0 Å². The van der Waals surface area contributed by atoms with Crippen LogP contribution in [0.5, 0.6) is 0 Å². The van der Waals surface area contributed by atoms with Crippen LogP contribution in [0.1, 0.15) is 55.2 Å². The fraction of sp³-hybridized carbons (Fsp3) is 0.458. The van der Waals surface area contributed by atoms with Crippen molar-refractivity contribution in [2.45, 2.75) is 71.6 Å². The average Bonchev–Trinajstić information content (AvgIpc) is 3.29. The lowest BCUT2D eigenvalue weighted by molar-refractivity contribution is 0.131. The number of piperidine rings is 1. The maximum atomic E-state index is 13.4. The number of carboxylic acid groups (broad SMARTS) is 1. The molecule has 1 amide bonds. The van der Waals surface area contributed by atoms with E-state index in [1.165, 1.54) is 11.0 Å². The Bertz CT molecular complexity index is 1250. The molecule has 10 heteroatoms. The summed E-state index contributed by atoms with van der Waals surface area (Å²) in [6.45, 7) is 2.29. The molecule has 8 nitrogen and oxygen atoms in total. The molecule has 4 N–H and O–H groups in total. The molecule has 5 rings (SSSR count). The molecule has 2 aromatic rings. The molecule has 0 radical (unpaired) electrons. The van der Waals surface area contributed by atoms with Crippen LogP contribution >= 0.6 is 10.6 Å². The van der Waals surface area contributed by atoms with Crippen LogP contribution in [0.15, 0.2) is 51.1 Å². The molecule has 0 atom stereocenters. The second kappa shape index (κ2) is 8.23. The van der Waals surface area contributed by atoms with Crippen molar-refractivity contribution >= 4 is 26.7 Å². The number of hydrogen-bond donors (Lipinski definition) is 4. The summed E-state index contributed by atoms with van der Waals surface area (Å²) >= 11 is 0. The zero-order valence-corrected chi connectivity index (χ0v) is 20.7. The zero-order chi connectivity index (χ0) is 24.3. The summed E-state index contributed by atoms with van der Waals surface area (Å²) < 4.78 is 52.3. The Morgan fingerprint density at radius 3 is 2.35 bits per heavy atom. The minimum atomic E-state index is -3.95. The van der Waals surface area contributed by atoms with Gasteiger partial charge in [0, 0.05) is 24.5 Å². The number of benzene rings is 2. The van der Waals surface area contributed by atoms with Gasteiger partial charge in [0.15, 0.2) is 0 Å². The summed E-state index contributed by atoms with van der Waals surface area (Å²) in [5.74, 6) is 0. The highest BCUT2D eigenvalue weighted by atomic mass is 32.3. The number of carbonyl (C=O) groups is 1. The topological polar surface area (TPSA) is 127 Å². The summed E-state index contributed by atoms with van der Waals surface area (Å²) in [5.41, 5.74) is 2.00. The zero-order valence-electron chi connectivity index (χ0n) is 19.0. The Morgan fingerprint density at radius 1 is 1.06 bits per heavy atom. The van der Waals surface area contributed by atoms with E-state index in [4.69, 9.17) is 5.11 Å². The van der Waals surface area contributed by atoms with Gasteiger partial charge < -0.3 is 10.0 Å². The molecule has 2 aliphatic heterocycles. The predicted octanol–water partition coefficient (Wildman–Crippen LogP) is 4.76. The summed E-state index contributed by atoms with van der Waals surface area (Å²) in [6.07, 6.45) is 3.61. The molecule has 1 aliphatic carbocycles. The van der Waals surface area contributed by atoms with Crippen LogP contribution in [0.3, 0.4) is 0 Å². The van der Waals surface area contributed by atoms with Crippen molar-refractivity contribution in [2.75, 3.05) is 13.1 Å². The summed E-state index contributed by atoms with van der Waals surface area (Å²) in [4.78, 5) is 13.3. The van der Waals surface area contributed by atoms with Gasteiger partial charge in [0.2, 0.25) is 10.0 Å². The van der Waals surface area contributed by atoms with E-state index in [2.05, 4.69) is 4.72 Å². The molecule has 2 heterocycles. The van der Waals surface area contributed by atoms with Crippen molar-refractivity contribution in [3.63, 3.8) is 0 Å². The third-order valence-corrected chi connectivity index (χ3v) is 11.2. The van der Waals surface area contributed by atoms with E-state index < -0.39 is 26.7 Å². The molecule has 184 valence electrons. The first-order chi connectivity index (χ1) is 16.1. The predicted molar refractivity (Wildman–Crippen MR) is 129 cm³/mol. The van der Waals surface area contributed by atoms with Gasteiger partial charge >= 0.3 is 6.09 Å². The molecule has 2 fully saturated rings. The number of aryl methyl sites for hydroxylation is 1. The van der Waals surface area contributed by atoms with E-state index in [1.54, 1.807) is 19.1 Å². The van der Waals surface area contributed by atoms with E-state index in [0.29, 0.717) is 28.2 Å². The fourth-order valence-electron chi connectivity index (χ4n) is 5.93. The molecule has 0 unspecified atom stereocenters. The second-order valence-electron chi connectivity index (χ2n) is 9.61. The van der Waals surface area contributed by atoms with Gasteiger partial charge in [-0.05, 0) is 61.4 Å². The van der Waals surface area contributed by atoms with Crippen molar-refractivity contribution < 1.29 is 27.4 Å². The van der Waals surface area contributed by atoms with Crippen LogP contribution in [-0.4, -0.2) is 52.8 Å². The second-order valence-corrected chi connectivity index (χ2v) is 13.3. The van der Waals surface area contributed by atoms with E-state index in [1.807, 2.05) is 18.2 Å². The molecular weight excluding hydrogens is 476 g/mol. The van der Waals surface area contributed by atoms with Gasteiger partial charge in [0.25, 0.3) is 0 Å². The van der Waals surface area contributed by atoms with Crippen molar-refractivity contribution in [1.82, 2.24) is 9.62 Å². The quantitative estimate of drug-likeness (QED) is 0.475. The fourth-order valence-corrected chi connectivity index (χ4v) is 9.48. The van der Waals surface area contributed by atoms with Gasteiger partial charge in [-0.1, -0.05) is 37.1 Å². The van der Waals surface area contributed by atoms with Gasteiger partial charge in [-0.25, -0.2) is 17.9 Å². The maximum absolute atomic E-state index is 13.4. The third-order valence-electron chi connectivity index (χ3n) is 7.64. The molecule has 1 saturated carbocycles. The molecule has 3 aliphatic rings. The molecule has 0 aromatic heterocycles. The Balaban J connectivity index is 1.55. The molecule has 34 heavy (non-hydrogen) atoms. The van der Waals surface area contributed by atoms with Crippen LogP contribution in [0.2, 0.25) is 0 Å². The summed E-state index contributed by atoms with van der Waals surface area (Å²) in [5, 5.41) is 9.13. The van der Waals surface area contributed by atoms with E-state index in [9.17, 15) is 22.3 Å². The Morgan fingerprint density at radius 2 is 1.71 bits per heavy atom. The van der Waals surface area contributed by atoms with Crippen LogP contribution < -0.4 is 4.72 Å². The van der Waals surface area contributed by atoms with Crippen LogP contribution in [0, 0.1) is 6.92 Å². The largest absolute Gasteiger partial charge is 0.465 e. The smallest absolute Gasteiger partial charge is 0.407 e. The number of nitrogens with zero attached hydrogens (tertiary/aromatic N) is 1. The van der Waals surface area contributed by atoms with Gasteiger partial charge in [0.05, 0.1) is 14.7 Å². The highest BCUT2D eigenvalue weighted by molar-refractivity contribution is 8.24. The lowest BCUT2D eigenvalue weighted by Gasteiger charge is -2.47. The summed E-state index contributed by atoms with van der Waals surface area (Å²) in [7, 11) is -7.33. The van der Waals surface area contributed by atoms with Crippen molar-refractivity contribution in [1.29, 1.82) is 0 Å². The monoisotopic (exact) mass is 506 g/mol. The van der Waals surface area contributed by atoms with E-state index in [-0.39, 0.29) is 29.4 Å². The van der Waals surface area contributed by atoms with Gasteiger partial charge in [-0.2, -0.15) is 0 Å². The number of likely N-dealkylation sites (tertiary alicyclic amines) is 1. The minimum absolute atomic E-state index is 0.0411. The lowest BCUT2D eigenvalue weighted by Crippen LogP contribution is -2.46. The first-order valence-electron chi connectivity index (χ1n) is 11.6. The van der Waals surface area contributed by atoms with E-state index >= 15 is 0 Å².